The molecule has 0 spiro atoms. The van der Waals surface area contributed by atoms with Crippen molar-refractivity contribution in [3.8, 4) is 11.8 Å². The number of anilines is 2. The zero-order valence-corrected chi connectivity index (χ0v) is 20.3. The zero-order chi connectivity index (χ0) is 26.3. The van der Waals surface area contributed by atoms with Crippen molar-refractivity contribution in [2.75, 3.05) is 22.9 Å². The molecule has 3 aromatic rings. The lowest BCUT2D eigenvalue weighted by Gasteiger charge is -2.51. The maximum Gasteiger partial charge on any atom is 0.332 e. The SMILES string of the molecule is CC12CC(=O)N(c3c(F)cc(C#Cc4ccccc4)cc3F)C(=O)N1CCN(c1ccnc(Cl)c1)C2=O. The van der Waals surface area contributed by atoms with Crippen molar-refractivity contribution in [2.45, 2.75) is 18.9 Å². The second kappa shape index (κ2) is 9.30. The summed E-state index contributed by atoms with van der Waals surface area (Å²) in [7, 11) is 0. The van der Waals surface area contributed by atoms with E-state index >= 15 is 8.78 Å². The van der Waals surface area contributed by atoms with Crippen molar-refractivity contribution in [1.29, 1.82) is 0 Å². The molecule has 2 fully saturated rings. The highest BCUT2D eigenvalue weighted by atomic mass is 35.5. The number of carbonyl (C=O) groups is 3. The third-order valence-corrected chi connectivity index (χ3v) is 6.61. The van der Waals surface area contributed by atoms with Crippen LogP contribution in [-0.4, -0.2) is 46.4 Å². The maximum atomic E-state index is 15.1. The van der Waals surface area contributed by atoms with Crippen molar-refractivity contribution < 1.29 is 23.2 Å². The first-order chi connectivity index (χ1) is 17.7. The molecule has 2 saturated heterocycles. The van der Waals surface area contributed by atoms with Crippen LogP contribution in [0.25, 0.3) is 0 Å². The predicted molar refractivity (Wildman–Crippen MR) is 133 cm³/mol. The molecular weight excluding hydrogens is 502 g/mol. The summed E-state index contributed by atoms with van der Waals surface area (Å²) >= 11 is 5.95. The van der Waals surface area contributed by atoms with Gasteiger partial charge >= 0.3 is 6.03 Å². The molecule has 0 bridgehead atoms. The summed E-state index contributed by atoms with van der Waals surface area (Å²) in [5.41, 5.74) is -1.15. The number of halogens is 3. The Balaban J connectivity index is 1.44. The van der Waals surface area contributed by atoms with Gasteiger partial charge in [-0.15, -0.1) is 0 Å². The van der Waals surface area contributed by atoms with Gasteiger partial charge < -0.3 is 9.80 Å². The third kappa shape index (κ3) is 4.30. The topological polar surface area (TPSA) is 73.8 Å². The lowest BCUT2D eigenvalue weighted by atomic mass is 9.88. The van der Waals surface area contributed by atoms with Crippen LogP contribution in [0.15, 0.2) is 60.8 Å². The molecular formula is C27H19ClF2N4O3. The standard InChI is InChI=1S/C27H19ClF2N4O3/c1-27-16-23(35)34(24-20(29)13-18(14-21(24)30)8-7-17-5-3-2-4-6-17)26(37)33(27)12-11-32(25(27)36)19-9-10-31-22(28)15-19/h2-6,9-10,13-15H,11-12,16H2,1H3. The van der Waals surface area contributed by atoms with E-state index in [0.29, 0.717) is 16.2 Å². The second-order valence-corrected chi connectivity index (χ2v) is 9.20. The van der Waals surface area contributed by atoms with E-state index in [1.165, 1.54) is 29.0 Å². The highest BCUT2D eigenvalue weighted by molar-refractivity contribution is 6.29. The quantitative estimate of drug-likeness (QED) is 0.371. The Kier molecular flexibility index (Phi) is 6.13. The number of hydrogen-bond donors (Lipinski definition) is 0. The first-order valence-electron chi connectivity index (χ1n) is 11.3. The fourth-order valence-corrected chi connectivity index (χ4v) is 4.75. The fourth-order valence-electron chi connectivity index (χ4n) is 4.58. The molecule has 0 saturated carbocycles. The number of pyridine rings is 1. The number of aromatic nitrogens is 1. The van der Waals surface area contributed by atoms with E-state index in [2.05, 4.69) is 16.8 Å². The zero-order valence-electron chi connectivity index (χ0n) is 19.5. The molecule has 1 aromatic heterocycles. The molecule has 7 nitrogen and oxygen atoms in total. The van der Waals surface area contributed by atoms with Gasteiger partial charge in [-0.05, 0) is 43.3 Å². The number of nitrogens with zero attached hydrogens (tertiary/aromatic N) is 4. The highest BCUT2D eigenvalue weighted by Gasteiger charge is 2.56. The van der Waals surface area contributed by atoms with E-state index in [1.807, 2.05) is 6.07 Å². The molecule has 4 amide bonds. The van der Waals surface area contributed by atoms with Crippen LogP contribution in [0.1, 0.15) is 24.5 Å². The number of fused-ring (bicyclic) bond motifs is 1. The molecule has 3 heterocycles. The average Bonchev–Trinajstić information content (AvgIpc) is 2.86. The van der Waals surface area contributed by atoms with Crippen molar-refractivity contribution in [3.63, 3.8) is 0 Å². The van der Waals surface area contributed by atoms with Crippen LogP contribution in [0.3, 0.4) is 0 Å². The lowest BCUT2D eigenvalue weighted by Crippen LogP contribution is -2.73. The van der Waals surface area contributed by atoms with Crippen LogP contribution >= 0.6 is 11.6 Å². The van der Waals surface area contributed by atoms with Gasteiger partial charge in [-0.2, -0.15) is 0 Å². The highest BCUT2D eigenvalue weighted by Crippen LogP contribution is 2.38. The van der Waals surface area contributed by atoms with Crippen LogP contribution in [0.5, 0.6) is 0 Å². The Morgan fingerprint density at radius 1 is 0.946 bits per heavy atom. The Morgan fingerprint density at radius 2 is 1.62 bits per heavy atom. The summed E-state index contributed by atoms with van der Waals surface area (Å²) in [5, 5.41) is 0.183. The molecule has 37 heavy (non-hydrogen) atoms. The number of rotatable bonds is 2. The molecule has 2 aromatic carbocycles. The van der Waals surface area contributed by atoms with Gasteiger partial charge in [0.1, 0.15) is 16.4 Å². The number of hydrogen-bond acceptors (Lipinski definition) is 4. The minimum atomic E-state index is -1.54. The van der Waals surface area contributed by atoms with Gasteiger partial charge in [0, 0.05) is 36.1 Å². The summed E-state index contributed by atoms with van der Waals surface area (Å²) in [6.45, 7) is 1.60. The van der Waals surface area contributed by atoms with Gasteiger partial charge in [-0.25, -0.2) is 23.5 Å². The second-order valence-electron chi connectivity index (χ2n) is 8.81. The Morgan fingerprint density at radius 3 is 2.30 bits per heavy atom. The number of carbonyl (C=O) groups excluding carboxylic acids is 3. The average molecular weight is 521 g/mol. The van der Waals surface area contributed by atoms with Crippen LogP contribution in [0.2, 0.25) is 5.15 Å². The maximum absolute atomic E-state index is 15.1. The number of urea groups is 1. The Bertz CT molecular complexity index is 1480. The van der Waals surface area contributed by atoms with E-state index in [1.54, 1.807) is 30.3 Å². The van der Waals surface area contributed by atoms with Gasteiger partial charge in [0.05, 0.1) is 6.42 Å². The smallest absolute Gasteiger partial charge is 0.308 e. The summed E-state index contributed by atoms with van der Waals surface area (Å²) in [4.78, 5) is 46.9. The van der Waals surface area contributed by atoms with E-state index in [-0.39, 0.29) is 23.8 Å². The largest absolute Gasteiger partial charge is 0.332 e. The van der Waals surface area contributed by atoms with Crippen LogP contribution in [0.4, 0.5) is 25.0 Å². The molecule has 5 rings (SSSR count). The van der Waals surface area contributed by atoms with Gasteiger partial charge in [0.2, 0.25) is 5.91 Å². The number of amides is 4. The Labute approximate surface area is 216 Å². The Hall–Kier alpha value is -4.29. The molecule has 10 heteroatoms. The normalized spacial score (nSPS) is 19.5. The van der Waals surface area contributed by atoms with Crippen LogP contribution in [-0.2, 0) is 9.59 Å². The first-order valence-corrected chi connectivity index (χ1v) is 11.7. The summed E-state index contributed by atoms with van der Waals surface area (Å²) in [6, 6.07) is 13.0. The van der Waals surface area contributed by atoms with Gasteiger partial charge in [-0.3, -0.25) is 9.59 Å². The summed E-state index contributed by atoms with van der Waals surface area (Å²) < 4.78 is 30.2. The van der Waals surface area contributed by atoms with E-state index in [0.717, 1.165) is 12.1 Å². The monoisotopic (exact) mass is 520 g/mol. The summed E-state index contributed by atoms with van der Waals surface area (Å²) in [6.07, 6.45) is 0.985. The fraction of sp³-hybridized carbons (Fsp3) is 0.185. The van der Waals surface area contributed by atoms with Gasteiger partial charge in [0.15, 0.2) is 11.6 Å². The van der Waals surface area contributed by atoms with Crippen molar-refractivity contribution >= 4 is 40.8 Å². The van der Waals surface area contributed by atoms with Gasteiger partial charge in [-0.1, -0.05) is 41.6 Å². The molecule has 2 aliphatic rings. The molecule has 186 valence electrons. The molecule has 0 radical (unpaired) electrons. The minimum absolute atomic E-state index is 0.0364. The molecule has 0 N–H and O–H groups in total. The lowest BCUT2D eigenvalue weighted by molar-refractivity contribution is -0.137. The van der Waals surface area contributed by atoms with Crippen molar-refractivity contribution in [2.24, 2.45) is 0 Å². The van der Waals surface area contributed by atoms with Crippen LogP contribution in [0, 0.1) is 23.5 Å². The predicted octanol–water partition coefficient (Wildman–Crippen LogP) is 4.38. The molecule has 0 aliphatic carbocycles. The number of piperazine rings is 1. The molecule has 2 aliphatic heterocycles. The number of benzene rings is 2. The van der Waals surface area contributed by atoms with E-state index in [9.17, 15) is 14.4 Å². The summed E-state index contributed by atoms with van der Waals surface area (Å²) in [5.74, 6) is 1.87. The van der Waals surface area contributed by atoms with Crippen molar-refractivity contribution in [1.82, 2.24) is 9.88 Å². The van der Waals surface area contributed by atoms with Crippen molar-refractivity contribution in [3.05, 3.63) is 88.7 Å². The number of imide groups is 1. The minimum Gasteiger partial charge on any atom is -0.308 e. The van der Waals surface area contributed by atoms with E-state index in [4.69, 9.17) is 11.6 Å². The first kappa shape index (κ1) is 24.4. The molecule has 1 atom stereocenters. The van der Waals surface area contributed by atoms with Crippen LogP contribution < -0.4 is 9.80 Å². The molecule has 1 unspecified atom stereocenters. The third-order valence-electron chi connectivity index (χ3n) is 6.40. The van der Waals surface area contributed by atoms with E-state index < -0.39 is 47.1 Å². The van der Waals surface area contributed by atoms with Gasteiger partial charge in [0.25, 0.3) is 5.91 Å².